The van der Waals surface area contributed by atoms with E-state index in [-0.39, 0.29) is 18.6 Å². The summed E-state index contributed by atoms with van der Waals surface area (Å²) in [6, 6.07) is 9.51. The van der Waals surface area contributed by atoms with Crippen molar-refractivity contribution in [2.75, 3.05) is 52.8 Å². The summed E-state index contributed by atoms with van der Waals surface area (Å²) in [6.45, 7) is 2.31. The van der Waals surface area contributed by atoms with Crippen LogP contribution in [0.5, 0.6) is 11.5 Å². The summed E-state index contributed by atoms with van der Waals surface area (Å²) in [4.78, 5) is 28.3. The molecule has 182 valence electrons. The van der Waals surface area contributed by atoms with Crippen LogP contribution in [0.25, 0.3) is 11.0 Å². The molecule has 9 heteroatoms. The fourth-order valence-electron chi connectivity index (χ4n) is 3.85. The van der Waals surface area contributed by atoms with E-state index < -0.39 is 0 Å². The van der Waals surface area contributed by atoms with E-state index in [4.69, 9.17) is 9.47 Å². The Balaban J connectivity index is 1.37. The molecule has 0 aliphatic carbocycles. The number of amides is 1. The van der Waals surface area contributed by atoms with Crippen molar-refractivity contribution in [2.45, 2.75) is 12.5 Å². The minimum Gasteiger partial charge on any atom is -0.493 e. The zero-order valence-corrected chi connectivity index (χ0v) is 20.2. The number of ether oxygens (including phenoxy) is 2. The number of methoxy groups -OCH3 is 1. The Morgan fingerprint density at radius 1 is 1.31 bits per heavy atom. The van der Waals surface area contributed by atoms with Gasteiger partial charge in [0.05, 0.1) is 18.2 Å². The number of carbonyl (C=O) groups is 1. The van der Waals surface area contributed by atoms with Crippen LogP contribution >= 0.6 is 0 Å². The topological polar surface area (TPSA) is 95.6 Å². The number of fused-ring (bicyclic) bond motifs is 1. The number of nitrogens with zero attached hydrogens (tertiary/aromatic N) is 4. The standard InChI is InChI=1S/C26H30N6O3/c1-31(2)13-6-11-24(33)32-14-12-20(17-32)30-26-21-16-19(29-25(21)27-18-28-26)8-7-15-35-23-10-5-4-9-22(23)34-3/h4-6,9-11,16,18,20H,12-15,17H2,1-3H3,(H2,27,28,29,30)/b11-6+. The van der Waals surface area contributed by atoms with E-state index >= 15 is 0 Å². The van der Waals surface area contributed by atoms with Crippen LogP contribution in [-0.2, 0) is 4.79 Å². The fraction of sp³-hybridized carbons (Fsp3) is 0.346. The third-order valence-electron chi connectivity index (χ3n) is 5.59. The lowest BCUT2D eigenvalue weighted by molar-refractivity contribution is -0.125. The van der Waals surface area contributed by atoms with Gasteiger partial charge in [0.2, 0.25) is 5.91 Å². The summed E-state index contributed by atoms with van der Waals surface area (Å²) >= 11 is 0. The number of anilines is 1. The van der Waals surface area contributed by atoms with Crippen molar-refractivity contribution in [3.8, 4) is 23.3 Å². The number of para-hydroxylation sites is 2. The number of carbonyl (C=O) groups excluding carboxylic acids is 1. The molecule has 0 spiro atoms. The summed E-state index contributed by atoms with van der Waals surface area (Å²) in [5.74, 6) is 8.18. The third-order valence-corrected chi connectivity index (χ3v) is 5.59. The summed E-state index contributed by atoms with van der Waals surface area (Å²) in [5.41, 5.74) is 1.43. The molecule has 2 N–H and O–H groups in total. The maximum atomic E-state index is 12.4. The van der Waals surface area contributed by atoms with Crippen LogP contribution in [0.15, 0.2) is 48.8 Å². The monoisotopic (exact) mass is 474 g/mol. The molecule has 3 heterocycles. The molecule has 9 nitrogen and oxygen atoms in total. The van der Waals surface area contributed by atoms with Gasteiger partial charge in [-0.05, 0) is 44.6 Å². The molecular weight excluding hydrogens is 444 g/mol. The maximum Gasteiger partial charge on any atom is 0.246 e. The Hall–Kier alpha value is -4.03. The molecule has 1 atom stereocenters. The van der Waals surface area contributed by atoms with Gasteiger partial charge in [0.25, 0.3) is 0 Å². The van der Waals surface area contributed by atoms with E-state index in [9.17, 15) is 4.79 Å². The van der Waals surface area contributed by atoms with E-state index in [2.05, 4.69) is 32.1 Å². The van der Waals surface area contributed by atoms with Gasteiger partial charge >= 0.3 is 0 Å². The number of benzene rings is 1. The highest BCUT2D eigenvalue weighted by Gasteiger charge is 2.25. The van der Waals surface area contributed by atoms with Crippen LogP contribution in [-0.4, -0.2) is 84.1 Å². The Kier molecular flexibility index (Phi) is 7.85. The first kappa shape index (κ1) is 24.1. The van der Waals surface area contributed by atoms with Crippen LogP contribution in [0.1, 0.15) is 12.1 Å². The van der Waals surface area contributed by atoms with Crippen LogP contribution in [0.3, 0.4) is 0 Å². The highest BCUT2D eigenvalue weighted by atomic mass is 16.5. The molecule has 1 unspecified atom stereocenters. The van der Waals surface area contributed by atoms with Gasteiger partial charge in [-0.15, -0.1) is 0 Å². The van der Waals surface area contributed by atoms with Crippen LogP contribution in [0.4, 0.5) is 5.82 Å². The highest BCUT2D eigenvalue weighted by Crippen LogP contribution is 2.26. The lowest BCUT2D eigenvalue weighted by Crippen LogP contribution is -2.30. The Labute approximate surface area is 205 Å². The molecule has 2 aromatic heterocycles. The normalized spacial score (nSPS) is 15.4. The Morgan fingerprint density at radius 3 is 2.94 bits per heavy atom. The number of likely N-dealkylation sites (tertiary alicyclic amines) is 1. The summed E-state index contributed by atoms with van der Waals surface area (Å²) < 4.78 is 11.0. The molecule has 0 bridgehead atoms. The van der Waals surface area contributed by atoms with Crippen molar-refractivity contribution >= 4 is 22.8 Å². The summed E-state index contributed by atoms with van der Waals surface area (Å²) in [5, 5.41) is 4.33. The quantitative estimate of drug-likeness (QED) is 0.383. The van der Waals surface area contributed by atoms with E-state index in [0.717, 1.165) is 29.9 Å². The number of rotatable bonds is 8. The minimum atomic E-state index is 0.0403. The van der Waals surface area contributed by atoms with Gasteiger partial charge < -0.3 is 29.6 Å². The lowest BCUT2D eigenvalue weighted by Gasteiger charge is -2.16. The predicted molar refractivity (Wildman–Crippen MR) is 136 cm³/mol. The van der Waals surface area contributed by atoms with Crippen molar-refractivity contribution < 1.29 is 14.3 Å². The zero-order valence-electron chi connectivity index (χ0n) is 20.2. The number of aromatic nitrogens is 3. The molecule has 3 aromatic rings. The first-order valence-electron chi connectivity index (χ1n) is 11.5. The van der Waals surface area contributed by atoms with Gasteiger partial charge in [-0.3, -0.25) is 4.79 Å². The molecule has 1 amide bonds. The number of nitrogens with one attached hydrogen (secondary N) is 2. The summed E-state index contributed by atoms with van der Waals surface area (Å²) in [6.07, 6.45) is 5.92. The number of aromatic amines is 1. The van der Waals surface area contributed by atoms with Crippen LogP contribution in [0, 0.1) is 11.8 Å². The molecule has 1 saturated heterocycles. The molecule has 1 aromatic carbocycles. The number of hydrogen-bond donors (Lipinski definition) is 2. The first-order valence-corrected chi connectivity index (χ1v) is 11.5. The van der Waals surface area contributed by atoms with Gasteiger partial charge in [-0.1, -0.05) is 24.1 Å². The number of hydrogen-bond acceptors (Lipinski definition) is 7. The van der Waals surface area contributed by atoms with Gasteiger partial charge in [-0.2, -0.15) is 0 Å². The second-order valence-corrected chi connectivity index (χ2v) is 8.49. The van der Waals surface area contributed by atoms with E-state index in [1.807, 2.05) is 60.3 Å². The van der Waals surface area contributed by atoms with E-state index in [1.165, 1.54) is 6.33 Å². The molecule has 1 aliphatic heterocycles. The molecule has 1 aliphatic rings. The van der Waals surface area contributed by atoms with Crippen LogP contribution in [0.2, 0.25) is 0 Å². The van der Waals surface area contributed by atoms with Crippen LogP contribution < -0.4 is 14.8 Å². The highest BCUT2D eigenvalue weighted by molar-refractivity contribution is 5.89. The van der Waals surface area contributed by atoms with Crippen molar-refractivity contribution in [3.63, 3.8) is 0 Å². The number of likely N-dealkylation sites (N-methyl/N-ethyl adjacent to an activating group) is 1. The van der Waals surface area contributed by atoms with Gasteiger partial charge in [0.1, 0.15) is 24.4 Å². The average molecular weight is 475 g/mol. The van der Waals surface area contributed by atoms with Gasteiger partial charge in [0, 0.05) is 31.8 Å². The Bertz CT molecular complexity index is 1260. The molecular formula is C26H30N6O3. The van der Waals surface area contributed by atoms with Gasteiger partial charge in [0.15, 0.2) is 11.5 Å². The largest absolute Gasteiger partial charge is 0.493 e. The SMILES string of the molecule is COc1ccccc1OCC#Cc1cc2c(NC3CCN(C(=O)/C=C/CN(C)C)C3)ncnc2[nH]1. The summed E-state index contributed by atoms with van der Waals surface area (Å²) in [7, 11) is 5.55. The third kappa shape index (κ3) is 6.31. The molecule has 0 radical (unpaired) electrons. The average Bonchev–Trinajstić information content (AvgIpc) is 3.49. The van der Waals surface area contributed by atoms with Crippen molar-refractivity contribution in [3.05, 3.63) is 54.5 Å². The van der Waals surface area contributed by atoms with Gasteiger partial charge in [-0.25, -0.2) is 9.97 Å². The molecule has 4 rings (SSSR count). The predicted octanol–water partition coefficient (Wildman–Crippen LogP) is 2.53. The molecule has 35 heavy (non-hydrogen) atoms. The lowest BCUT2D eigenvalue weighted by atomic mass is 10.2. The Morgan fingerprint density at radius 2 is 2.14 bits per heavy atom. The smallest absolute Gasteiger partial charge is 0.246 e. The van der Waals surface area contributed by atoms with Crippen molar-refractivity contribution in [1.82, 2.24) is 24.8 Å². The first-order chi connectivity index (χ1) is 17.0. The maximum absolute atomic E-state index is 12.4. The number of H-pyrrole nitrogens is 1. The second-order valence-electron chi connectivity index (χ2n) is 8.49. The van der Waals surface area contributed by atoms with E-state index in [1.54, 1.807) is 13.2 Å². The van der Waals surface area contributed by atoms with E-state index in [0.29, 0.717) is 30.2 Å². The molecule has 0 saturated carbocycles. The zero-order chi connectivity index (χ0) is 24.6. The second kappa shape index (κ2) is 11.4. The van der Waals surface area contributed by atoms with Crippen molar-refractivity contribution in [1.29, 1.82) is 0 Å². The fourth-order valence-corrected chi connectivity index (χ4v) is 3.85. The molecule has 1 fully saturated rings. The van der Waals surface area contributed by atoms with Crippen molar-refractivity contribution in [2.24, 2.45) is 0 Å². The minimum absolute atomic E-state index is 0.0403.